The molecule has 114 valence electrons. The molecule has 1 saturated heterocycles. The van der Waals surface area contributed by atoms with Gasteiger partial charge in [0.15, 0.2) is 6.04 Å². The lowest BCUT2D eigenvalue weighted by Gasteiger charge is -2.32. The first-order valence-electron chi connectivity index (χ1n) is 6.73. The minimum absolute atomic E-state index is 0.0120. The van der Waals surface area contributed by atoms with Crippen LogP contribution in [0.2, 0.25) is 0 Å². The Kier molecular flexibility index (Phi) is 3.84. The topological polar surface area (TPSA) is 97.6 Å². The number of carboxylic acids is 1. The van der Waals surface area contributed by atoms with Crippen molar-refractivity contribution in [1.29, 1.82) is 0 Å². The zero-order valence-corrected chi connectivity index (χ0v) is 11.6. The number of aliphatic carboxylic acids is 1. The second-order valence-corrected chi connectivity index (χ2v) is 4.81. The number of hydrogen-bond acceptors (Lipinski definition) is 5. The molecule has 1 aromatic carbocycles. The average Bonchev–Trinajstić information content (AvgIpc) is 3.09. The maximum absolute atomic E-state index is 12.5. The molecule has 2 aromatic rings. The highest BCUT2D eigenvalue weighted by Crippen LogP contribution is 2.15. The Bertz CT molecular complexity index is 669. The van der Waals surface area contributed by atoms with Gasteiger partial charge in [-0.2, -0.15) is 5.10 Å². The first-order valence-corrected chi connectivity index (χ1v) is 6.73. The smallest absolute Gasteiger partial charge is 0.328 e. The third-order valence-corrected chi connectivity index (χ3v) is 3.47. The van der Waals surface area contributed by atoms with Crippen molar-refractivity contribution in [1.82, 2.24) is 19.7 Å². The Labute approximate surface area is 125 Å². The van der Waals surface area contributed by atoms with Gasteiger partial charge in [-0.1, -0.05) is 0 Å². The molecule has 8 heteroatoms. The van der Waals surface area contributed by atoms with E-state index in [0.29, 0.717) is 12.2 Å². The fourth-order valence-electron chi connectivity index (χ4n) is 2.32. The molecule has 0 bridgehead atoms. The molecule has 0 aliphatic carbocycles. The van der Waals surface area contributed by atoms with E-state index < -0.39 is 12.0 Å². The molecule has 22 heavy (non-hydrogen) atoms. The second-order valence-electron chi connectivity index (χ2n) is 4.81. The van der Waals surface area contributed by atoms with E-state index in [1.807, 2.05) is 0 Å². The van der Waals surface area contributed by atoms with Crippen molar-refractivity contribution in [2.24, 2.45) is 0 Å². The number of nitrogens with zero attached hydrogens (tertiary/aromatic N) is 4. The van der Waals surface area contributed by atoms with Gasteiger partial charge in [0.2, 0.25) is 0 Å². The standard InChI is InChI=1S/C14H14N4O4/c19-13(17-5-6-22-7-12(17)14(20)21)10-1-3-11(4-2-10)18-9-15-8-16-18/h1-4,8-9,12H,5-7H2,(H,20,21)/t12-/m0/s1. The highest BCUT2D eigenvalue weighted by atomic mass is 16.5. The van der Waals surface area contributed by atoms with Crippen molar-refractivity contribution in [2.75, 3.05) is 19.8 Å². The number of morpholine rings is 1. The van der Waals surface area contributed by atoms with Crippen molar-refractivity contribution in [3.8, 4) is 5.69 Å². The summed E-state index contributed by atoms with van der Waals surface area (Å²) in [5, 5.41) is 13.2. The molecule has 0 spiro atoms. The maximum Gasteiger partial charge on any atom is 0.328 e. The number of carbonyl (C=O) groups excluding carboxylic acids is 1. The van der Waals surface area contributed by atoms with Gasteiger partial charge in [0.05, 0.1) is 18.9 Å². The summed E-state index contributed by atoms with van der Waals surface area (Å²) < 4.78 is 6.71. The summed E-state index contributed by atoms with van der Waals surface area (Å²) in [6, 6.07) is 5.81. The lowest BCUT2D eigenvalue weighted by molar-refractivity contribution is -0.147. The van der Waals surface area contributed by atoms with Crippen LogP contribution in [0.4, 0.5) is 0 Å². The SMILES string of the molecule is O=C(O)[C@@H]1COCCN1C(=O)c1ccc(-n2cncn2)cc1. The lowest BCUT2D eigenvalue weighted by Crippen LogP contribution is -2.52. The number of ether oxygens (including phenoxy) is 1. The van der Waals surface area contributed by atoms with E-state index in [2.05, 4.69) is 10.1 Å². The van der Waals surface area contributed by atoms with Crippen LogP contribution in [0.5, 0.6) is 0 Å². The number of carboxylic acid groups (broad SMARTS) is 1. The van der Waals surface area contributed by atoms with Gasteiger partial charge in [-0.3, -0.25) is 4.79 Å². The van der Waals surface area contributed by atoms with E-state index in [9.17, 15) is 14.7 Å². The summed E-state index contributed by atoms with van der Waals surface area (Å²) >= 11 is 0. The first kappa shape index (κ1) is 14.2. The van der Waals surface area contributed by atoms with Crippen LogP contribution < -0.4 is 0 Å². The van der Waals surface area contributed by atoms with E-state index in [0.717, 1.165) is 5.69 Å². The Hall–Kier alpha value is -2.74. The van der Waals surface area contributed by atoms with Crippen molar-refractivity contribution in [2.45, 2.75) is 6.04 Å². The predicted octanol–water partition coefficient (Wildman–Crippen LogP) is 0.193. The minimum Gasteiger partial charge on any atom is -0.480 e. The number of amides is 1. The molecular formula is C14H14N4O4. The number of rotatable bonds is 3. The van der Waals surface area contributed by atoms with E-state index in [-0.39, 0.29) is 19.1 Å². The highest BCUT2D eigenvalue weighted by Gasteiger charge is 2.33. The van der Waals surface area contributed by atoms with Crippen molar-refractivity contribution < 1.29 is 19.4 Å². The van der Waals surface area contributed by atoms with E-state index >= 15 is 0 Å². The minimum atomic E-state index is -1.06. The monoisotopic (exact) mass is 302 g/mol. The molecule has 1 amide bonds. The highest BCUT2D eigenvalue weighted by molar-refractivity contribution is 5.96. The Balaban J connectivity index is 1.81. The van der Waals surface area contributed by atoms with Gasteiger partial charge in [0.25, 0.3) is 5.91 Å². The van der Waals surface area contributed by atoms with Gasteiger partial charge in [-0.15, -0.1) is 0 Å². The number of carbonyl (C=O) groups is 2. The normalized spacial score (nSPS) is 18.2. The van der Waals surface area contributed by atoms with E-state index in [1.165, 1.54) is 11.2 Å². The molecule has 0 unspecified atom stereocenters. The lowest BCUT2D eigenvalue weighted by atomic mass is 10.1. The summed E-state index contributed by atoms with van der Waals surface area (Å²) in [4.78, 5) is 28.9. The van der Waals surface area contributed by atoms with Crippen LogP contribution in [-0.2, 0) is 9.53 Å². The van der Waals surface area contributed by atoms with E-state index in [1.54, 1.807) is 35.3 Å². The van der Waals surface area contributed by atoms with Crippen LogP contribution in [0.15, 0.2) is 36.9 Å². The molecule has 3 rings (SSSR count). The molecule has 0 radical (unpaired) electrons. The predicted molar refractivity (Wildman–Crippen MR) is 74.6 cm³/mol. The van der Waals surface area contributed by atoms with Gasteiger partial charge >= 0.3 is 5.97 Å². The van der Waals surface area contributed by atoms with Crippen molar-refractivity contribution in [3.05, 3.63) is 42.5 Å². The molecule has 1 aliphatic heterocycles. The molecule has 1 atom stereocenters. The summed E-state index contributed by atoms with van der Waals surface area (Å²) in [6.07, 6.45) is 2.98. The van der Waals surface area contributed by atoms with Crippen LogP contribution in [0, 0.1) is 0 Å². The van der Waals surface area contributed by atoms with Gasteiger partial charge < -0.3 is 14.7 Å². The number of aromatic nitrogens is 3. The summed E-state index contributed by atoms with van der Waals surface area (Å²) in [6.45, 7) is 0.616. The fraction of sp³-hybridized carbons (Fsp3) is 0.286. The molecular weight excluding hydrogens is 288 g/mol. The number of benzene rings is 1. The van der Waals surface area contributed by atoms with Gasteiger partial charge in [0.1, 0.15) is 12.7 Å². The van der Waals surface area contributed by atoms with Crippen molar-refractivity contribution >= 4 is 11.9 Å². The van der Waals surface area contributed by atoms with Crippen LogP contribution >= 0.6 is 0 Å². The van der Waals surface area contributed by atoms with Gasteiger partial charge in [0, 0.05) is 12.1 Å². The van der Waals surface area contributed by atoms with Crippen molar-refractivity contribution in [3.63, 3.8) is 0 Å². The zero-order valence-electron chi connectivity index (χ0n) is 11.6. The molecule has 8 nitrogen and oxygen atoms in total. The second kappa shape index (κ2) is 5.94. The average molecular weight is 302 g/mol. The van der Waals surface area contributed by atoms with Gasteiger partial charge in [-0.25, -0.2) is 14.5 Å². The molecule has 2 heterocycles. The fourth-order valence-corrected chi connectivity index (χ4v) is 2.32. The number of hydrogen-bond donors (Lipinski definition) is 1. The van der Waals surface area contributed by atoms with Gasteiger partial charge in [-0.05, 0) is 24.3 Å². The van der Waals surface area contributed by atoms with Crippen LogP contribution in [0.25, 0.3) is 5.69 Å². The zero-order chi connectivity index (χ0) is 15.5. The third-order valence-electron chi connectivity index (χ3n) is 3.47. The first-order chi connectivity index (χ1) is 10.7. The maximum atomic E-state index is 12.5. The Morgan fingerprint density at radius 3 is 2.68 bits per heavy atom. The van der Waals surface area contributed by atoms with Crippen LogP contribution in [0.1, 0.15) is 10.4 Å². The molecule has 0 saturated carbocycles. The Morgan fingerprint density at radius 1 is 1.27 bits per heavy atom. The van der Waals surface area contributed by atoms with Crippen LogP contribution in [0.3, 0.4) is 0 Å². The summed E-state index contributed by atoms with van der Waals surface area (Å²) in [5.74, 6) is -1.38. The third kappa shape index (κ3) is 2.68. The summed E-state index contributed by atoms with van der Waals surface area (Å²) in [7, 11) is 0. The van der Waals surface area contributed by atoms with E-state index in [4.69, 9.17) is 4.74 Å². The Morgan fingerprint density at radius 2 is 2.05 bits per heavy atom. The van der Waals surface area contributed by atoms with Crippen LogP contribution in [-0.4, -0.2) is 62.4 Å². The largest absolute Gasteiger partial charge is 0.480 e. The molecule has 1 N–H and O–H groups in total. The quantitative estimate of drug-likeness (QED) is 0.869. The molecule has 1 aliphatic rings. The summed E-state index contributed by atoms with van der Waals surface area (Å²) in [5.41, 5.74) is 1.20. The molecule has 1 fully saturated rings. The molecule has 1 aromatic heterocycles.